The highest BCUT2D eigenvalue weighted by Crippen LogP contribution is 2.69. The molecule has 0 radical (unpaired) electrons. The molecule has 182 valence electrons. The molecule has 8 heteroatoms. The van der Waals surface area contributed by atoms with Crippen molar-refractivity contribution in [2.75, 3.05) is 0 Å². The normalized spacial score (nSPS) is 27.3. The monoisotopic (exact) mass is 508 g/mol. The largest absolute Gasteiger partial charge is 0.489 e. The number of ether oxygens (including phenoxy) is 3. The lowest BCUT2D eigenvalue weighted by atomic mass is 9.53. The zero-order chi connectivity index (χ0) is 26.3. The summed E-state index contributed by atoms with van der Waals surface area (Å²) in [5.41, 5.74) is -2.06. The van der Waals surface area contributed by atoms with Gasteiger partial charge in [0.2, 0.25) is 17.1 Å². The molecule has 1 N–H and O–H groups in total. The molecule has 3 aromatic rings. The molecule has 2 aliphatic heterocycles. The Bertz CT molecular complexity index is 1490. The van der Waals surface area contributed by atoms with Crippen LogP contribution in [-0.2, 0) is 21.9 Å². The lowest BCUT2D eigenvalue weighted by Gasteiger charge is -2.48. The van der Waals surface area contributed by atoms with E-state index in [1.165, 1.54) is 0 Å². The maximum atomic E-state index is 10.5. The van der Waals surface area contributed by atoms with Gasteiger partial charge in [0, 0.05) is 10.6 Å². The molecular weight excluding hydrogens is 488 g/mol. The van der Waals surface area contributed by atoms with Crippen LogP contribution in [0.4, 0.5) is 0 Å². The van der Waals surface area contributed by atoms with Crippen molar-refractivity contribution in [1.29, 1.82) is 21.2 Å². The first-order valence-electron chi connectivity index (χ1n) is 11.6. The quantitative estimate of drug-likeness (QED) is 0.448. The molecule has 2 fully saturated rings. The molecule has 0 saturated carbocycles. The summed E-state index contributed by atoms with van der Waals surface area (Å²) in [7, 11) is 0. The molecule has 0 amide bonds. The van der Waals surface area contributed by atoms with Crippen LogP contribution < -0.4 is 4.74 Å². The lowest BCUT2D eigenvalue weighted by Crippen LogP contribution is -2.57. The topological polar surface area (TPSA) is 123 Å². The molecule has 0 aromatic heterocycles. The highest BCUT2D eigenvalue weighted by atomic mass is 35.5. The van der Waals surface area contributed by atoms with Gasteiger partial charge in [0.15, 0.2) is 5.41 Å². The molecule has 5 rings (SSSR count). The summed E-state index contributed by atoms with van der Waals surface area (Å²) >= 11 is 6.27. The van der Waals surface area contributed by atoms with Crippen LogP contribution >= 0.6 is 11.6 Å². The summed E-state index contributed by atoms with van der Waals surface area (Å²) in [5.74, 6) is -2.46. The second-order valence-corrected chi connectivity index (χ2v) is 9.56. The van der Waals surface area contributed by atoms with E-state index in [0.29, 0.717) is 28.5 Å². The van der Waals surface area contributed by atoms with Crippen molar-refractivity contribution in [3.05, 3.63) is 101 Å². The van der Waals surface area contributed by atoms with Gasteiger partial charge in [-0.15, -0.1) is 0 Å². The van der Waals surface area contributed by atoms with Crippen LogP contribution in [0.2, 0.25) is 5.02 Å². The Morgan fingerprint density at radius 3 is 2.35 bits per heavy atom. The number of rotatable bonds is 5. The van der Waals surface area contributed by atoms with E-state index in [9.17, 15) is 15.8 Å². The summed E-state index contributed by atoms with van der Waals surface area (Å²) in [6.45, 7) is 1.97. The number of nitrogens with zero attached hydrogens (tertiary/aromatic N) is 3. The molecular formula is C29H21ClN4O3. The first kappa shape index (κ1) is 24.3. The van der Waals surface area contributed by atoms with Crippen LogP contribution in [0.15, 0.2) is 78.9 Å². The number of nitrogens with one attached hydrogen (secondary N) is 1. The second kappa shape index (κ2) is 8.95. The van der Waals surface area contributed by atoms with Crippen LogP contribution in [0.3, 0.4) is 0 Å². The van der Waals surface area contributed by atoms with Crippen LogP contribution in [0, 0.1) is 56.2 Å². The van der Waals surface area contributed by atoms with Gasteiger partial charge >= 0.3 is 0 Å². The fourth-order valence-electron chi connectivity index (χ4n) is 5.38. The van der Waals surface area contributed by atoms with Gasteiger partial charge in [0.25, 0.3) is 0 Å². The molecule has 4 atom stereocenters. The predicted molar refractivity (Wildman–Crippen MR) is 134 cm³/mol. The first-order valence-corrected chi connectivity index (χ1v) is 12.0. The molecule has 2 heterocycles. The maximum absolute atomic E-state index is 10.5. The fraction of sp³-hybridized carbons (Fsp3) is 0.241. The zero-order valence-electron chi connectivity index (χ0n) is 19.8. The first-order chi connectivity index (χ1) is 17.9. The van der Waals surface area contributed by atoms with Gasteiger partial charge in [0.1, 0.15) is 18.5 Å². The van der Waals surface area contributed by atoms with Gasteiger partial charge in [-0.3, -0.25) is 5.41 Å². The van der Waals surface area contributed by atoms with Gasteiger partial charge in [-0.2, -0.15) is 15.8 Å². The summed E-state index contributed by atoms with van der Waals surface area (Å²) in [6.07, 6.45) is -1.24. The van der Waals surface area contributed by atoms with Gasteiger partial charge in [-0.25, -0.2) is 0 Å². The average molecular weight is 509 g/mol. The van der Waals surface area contributed by atoms with E-state index in [1.807, 2.05) is 30.3 Å². The summed E-state index contributed by atoms with van der Waals surface area (Å²) < 4.78 is 18.5. The van der Waals surface area contributed by atoms with E-state index >= 15 is 0 Å². The number of hydrogen-bond donors (Lipinski definition) is 1. The van der Waals surface area contributed by atoms with E-state index in [2.05, 4.69) is 18.2 Å². The third kappa shape index (κ3) is 3.39. The summed E-state index contributed by atoms with van der Waals surface area (Å²) in [4.78, 5) is 0. The fourth-order valence-corrected chi connectivity index (χ4v) is 5.57. The van der Waals surface area contributed by atoms with E-state index in [1.54, 1.807) is 55.5 Å². The standard InChI is InChI=1S/C29H21ClN4O3/c1-19-28(18-33)26(34)37-29(19,22-10-6-11-23(30)14-22)36-25(27(28,16-31)17-32)21-9-5-12-24(13-21)35-15-20-7-3-2-4-8-20/h2-14,19,25,34H,15H2,1H3. The van der Waals surface area contributed by atoms with Crippen molar-refractivity contribution < 1.29 is 14.2 Å². The molecule has 2 saturated heterocycles. The molecule has 3 aromatic carbocycles. The Labute approximate surface area is 219 Å². The molecule has 0 aliphatic carbocycles. The zero-order valence-corrected chi connectivity index (χ0v) is 20.6. The van der Waals surface area contributed by atoms with Crippen molar-refractivity contribution in [2.24, 2.45) is 16.7 Å². The molecule has 4 unspecified atom stereocenters. The van der Waals surface area contributed by atoms with Crippen molar-refractivity contribution >= 4 is 17.5 Å². The van der Waals surface area contributed by atoms with Crippen LogP contribution in [0.1, 0.15) is 29.7 Å². The third-order valence-corrected chi connectivity index (χ3v) is 7.54. The average Bonchev–Trinajstić information content (AvgIpc) is 3.09. The van der Waals surface area contributed by atoms with E-state index in [0.717, 1.165) is 5.56 Å². The minimum atomic E-state index is -2.07. The molecule has 2 aliphatic rings. The highest BCUT2D eigenvalue weighted by molar-refractivity contribution is 6.30. The minimum Gasteiger partial charge on any atom is -0.489 e. The van der Waals surface area contributed by atoms with Gasteiger partial charge in [-0.05, 0) is 35.4 Å². The highest BCUT2D eigenvalue weighted by Gasteiger charge is 2.79. The Morgan fingerprint density at radius 2 is 1.68 bits per heavy atom. The molecule has 2 bridgehead atoms. The summed E-state index contributed by atoms with van der Waals surface area (Å²) in [5, 5.41) is 40.5. The Kier molecular flexibility index (Phi) is 5.89. The number of fused-ring (bicyclic) bond motifs is 2. The molecule has 7 nitrogen and oxygen atoms in total. The van der Waals surface area contributed by atoms with Gasteiger partial charge in [-0.1, -0.05) is 73.1 Å². The predicted octanol–water partition coefficient (Wildman–Crippen LogP) is 6.03. The van der Waals surface area contributed by atoms with Gasteiger partial charge in [0.05, 0.1) is 24.1 Å². The minimum absolute atomic E-state index is 0.316. The second-order valence-electron chi connectivity index (χ2n) is 9.13. The number of halogens is 1. The maximum Gasteiger partial charge on any atom is 0.244 e. The smallest absolute Gasteiger partial charge is 0.244 e. The molecule has 0 spiro atoms. The van der Waals surface area contributed by atoms with E-state index in [-0.39, 0.29) is 0 Å². The Hall–Kier alpha value is -4.35. The van der Waals surface area contributed by atoms with Crippen molar-refractivity contribution in [3.8, 4) is 24.0 Å². The number of hydrogen-bond acceptors (Lipinski definition) is 7. The third-order valence-electron chi connectivity index (χ3n) is 7.30. The van der Waals surface area contributed by atoms with Crippen molar-refractivity contribution in [2.45, 2.75) is 25.4 Å². The number of nitriles is 3. The van der Waals surface area contributed by atoms with Gasteiger partial charge < -0.3 is 14.2 Å². The van der Waals surface area contributed by atoms with Crippen molar-refractivity contribution in [1.82, 2.24) is 0 Å². The van der Waals surface area contributed by atoms with Crippen LogP contribution in [0.5, 0.6) is 5.75 Å². The Morgan fingerprint density at radius 1 is 0.946 bits per heavy atom. The molecule has 37 heavy (non-hydrogen) atoms. The Balaban J connectivity index is 1.64. The lowest BCUT2D eigenvalue weighted by molar-refractivity contribution is -0.288. The van der Waals surface area contributed by atoms with Crippen molar-refractivity contribution in [3.63, 3.8) is 0 Å². The van der Waals surface area contributed by atoms with Crippen LogP contribution in [-0.4, -0.2) is 5.90 Å². The van der Waals surface area contributed by atoms with E-state index < -0.39 is 34.5 Å². The number of benzene rings is 3. The van der Waals surface area contributed by atoms with E-state index in [4.69, 9.17) is 31.2 Å². The SMILES string of the molecule is CC1C2(c3cccc(Cl)c3)OC(=N)C1(C#N)C(C#N)(C#N)C(c1cccc(OCc3ccccc3)c1)O2. The summed E-state index contributed by atoms with van der Waals surface area (Å²) in [6, 6.07) is 29.5. The van der Waals surface area contributed by atoms with Crippen LogP contribution in [0.25, 0.3) is 0 Å².